The van der Waals surface area contributed by atoms with Crippen LogP contribution >= 0.6 is 0 Å². The highest BCUT2D eigenvalue weighted by molar-refractivity contribution is 5.98. The van der Waals surface area contributed by atoms with Crippen LogP contribution in [-0.4, -0.2) is 53.0 Å². The highest BCUT2D eigenvalue weighted by atomic mass is 19.1. The van der Waals surface area contributed by atoms with Crippen molar-refractivity contribution in [3.05, 3.63) is 95.6 Å². The molecule has 0 aliphatic carbocycles. The van der Waals surface area contributed by atoms with Crippen LogP contribution in [-0.2, 0) is 11.2 Å². The average Bonchev–Trinajstić information content (AvgIpc) is 2.95. The van der Waals surface area contributed by atoms with Gasteiger partial charge in [0.15, 0.2) is 0 Å². The van der Waals surface area contributed by atoms with E-state index in [-0.39, 0.29) is 24.0 Å². The number of halogens is 2. The molecule has 1 N–H and O–H groups in total. The molecule has 5 rings (SSSR count). The Morgan fingerprint density at radius 3 is 2.15 bits per heavy atom. The lowest BCUT2D eigenvalue weighted by Crippen LogP contribution is -2.48. The second kappa shape index (κ2) is 11.6. The van der Waals surface area contributed by atoms with Crippen molar-refractivity contribution in [2.75, 3.05) is 31.1 Å². The third-order valence-corrected chi connectivity index (χ3v) is 7.10. The molecule has 1 aliphatic rings. The fourth-order valence-electron chi connectivity index (χ4n) is 5.00. The average molecular weight is 530 g/mol. The molecule has 8 heteroatoms. The number of nitrogens with zero attached hydrogens (tertiary/aromatic N) is 3. The van der Waals surface area contributed by atoms with Gasteiger partial charge < -0.3 is 14.9 Å². The fourth-order valence-corrected chi connectivity index (χ4v) is 5.00. The van der Waals surface area contributed by atoms with Crippen molar-refractivity contribution in [1.82, 2.24) is 9.88 Å². The van der Waals surface area contributed by atoms with Crippen LogP contribution in [0.2, 0.25) is 0 Å². The third-order valence-electron chi connectivity index (χ3n) is 7.10. The molecule has 1 saturated heterocycles. The number of anilines is 1. The van der Waals surface area contributed by atoms with Crippen molar-refractivity contribution in [1.29, 1.82) is 0 Å². The Kier molecular flexibility index (Phi) is 7.81. The lowest BCUT2D eigenvalue weighted by molar-refractivity contribution is -0.137. The van der Waals surface area contributed by atoms with Gasteiger partial charge in [-0.15, -0.1) is 0 Å². The number of rotatable bonds is 8. The fraction of sp³-hybridized carbons (Fsp3) is 0.258. The minimum atomic E-state index is -0.827. The molecule has 1 fully saturated rings. The topological polar surface area (TPSA) is 73.7 Å². The van der Waals surface area contributed by atoms with E-state index in [1.807, 2.05) is 23.1 Å². The summed E-state index contributed by atoms with van der Waals surface area (Å²) in [6, 6.07) is 20.0. The molecule has 0 saturated carbocycles. The van der Waals surface area contributed by atoms with Crippen LogP contribution < -0.4 is 4.90 Å². The van der Waals surface area contributed by atoms with E-state index < -0.39 is 5.97 Å². The van der Waals surface area contributed by atoms with Crippen molar-refractivity contribution >= 4 is 28.5 Å². The first-order chi connectivity index (χ1) is 18.9. The lowest BCUT2D eigenvalue weighted by Gasteiger charge is -2.36. The standard InChI is InChI=1S/C31H29F2N3O3/c32-25-8-5-21(6-9-25)30-22(3-1-2-4-29(37)38)19-24-20-23(7-14-28(24)34-30)31(39)36-17-15-35(16-18-36)27-12-10-26(33)11-13-27/h5-14,19-20H,1-4,15-18H2,(H,37,38). The Morgan fingerprint density at radius 2 is 1.49 bits per heavy atom. The highest BCUT2D eigenvalue weighted by Gasteiger charge is 2.23. The van der Waals surface area contributed by atoms with E-state index in [0.717, 1.165) is 33.4 Å². The summed E-state index contributed by atoms with van der Waals surface area (Å²) < 4.78 is 26.8. The van der Waals surface area contributed by atoms with E-state index in [2.05, 4.69) is 4.90 Å². The summed E-state index contributed by atoms with van der Waals surface area (Å²) in [5, 5.41) is 9.81. The first-order valence-electron chi connectivity index (χ1n) is 13.1. The second-order valence-electron chi connectivity index (χ2n) is 9.77. The molecular weight excluding hydrogens is 500 g/mol. The Labute approximate surface area is 225 Å². The molecule has 0 radical (unpaired) electrons. The molecule has 1 aromatic heterocycles. The number of pyridine rings is 1. The number of aromatic nitrogens is 1. The molecule has 39 heavy (non-hydrogen) atoms. The molecule has 2 heterocycles. The molecule has 3 aromatic carbocycles. The van der Waals surface area contributed by atoms with Gasteiger partial charge in [-0.1, -0.05) is 0 Å². The number of fused-ring (bicyclic) bond motifs is 1. The van der Waals surface area contributed by atoms with Gasteiger partial charge in [0.05, 0.1) is 11.2 Å². The molecule has 0 atom stereocenters. The normalized spacial score (nSPS) is 13.6. The largest absolute Gasteiger partial charge is 0.481 e. The van der Waals surface area contributed by atoms with Gasteiger partial charge in [-0.25, -0.2) is 13.8 Å². The molecule has 0 bridgehead atoms. The number of aliphatic carboxylic acids is 1. The van der Waals surface area contributed by atoms with Gasteiger partial charge in [0.2, 0.25) is 0 Å². The first kappa shape index (κ1) is 26.3. The van der Waals surface area contributed by atoms with Crippen LogP contribution in [0.3, 0.4) is 0 Å². The summed E-state index contributed by atoms with van der Waals surface area (Å²) in [6.07, 6.45) is 1.93. The van der Waals surface area contributed by atoms with Crippen molar-refractivity contribution in [3.8, 4) is 11.3 Å². The number of carbonyl (C=O) groups is 2. The van der Waals surface area contributed by atoms with Gasteiger partial charge >= 0.3 is 5.97 Å². The maximum absolute atomic E-state index is 13.5. The Balaban J connectivity index is 1.36. The summed E-state index contributed by atoms with van der Waals surface area (Å²) in [4.78, 5) is 33.1. The number of piperazine rings is 1. The van der Waals surface area contributed by atoms with Gasteiger partial charge in [-0.3, -0.25) is 9.59 Å². The highest BCUT2D eigenvalue weighted by Crippen LogP contribution is 2.28. The Hall–Kier alpha value is -4.33. The van der Waals surface area contributed by atoms with Gasteiger partial charge in [0, 0.05) is 54.8 Å². The van der Waals surface area contributed by atoms with E-state index in [1.165, 1.54) is 24.3 Å². The predicted molar refractivity (Wildman–Crippen MR) is 147 cm³/mol. The smallest absolute Gasteiger partial charge is 0.303 e. The third kappa shape index (κ3) is 6.22. The summed E-state index contributed by atoms with van der Waals surface area (Å²) in [7, 11) is 0. The van der Waals surface area contributed by atoms with E-state index in [0.29, 0.717) is 51.0 Å². The monoisotopic (exact) mass is 529 g/mol. The van der Waals surface area contributed by atoms with Crippen molar-refractivity contribution in [2.45, 2.75) is 25.7 Å². The minimum Gasteiger partial charge on any atom is -0.481 e. The Morgan fingerprint density at radius 1 is 0.821 bits per heavy atom. The van der Waals surface area contributed by atoms with Crippen LogP contribution in [0.5, 0.6) is 0 Å². The molecule has 0 unspecified atom stereocenters. The number of carbonyl (C=O) groups excluding carboxylic acids is 1. The minimum absolute atomic E-state index is 0.0544. The van der Waals surface area contributed by atoms with Crippen molar-refractivity contribution < 1.29 is 23.5 Å². The number of amides is 1. The number of hydrogen-bond acceptors (Lipinski definition) is 4. The summed E-state index contributed by atoms with van der Waals surface area (Å²) in [6.45, 7) is 2.44. The van der Waals surface area contributed by atoms with Crippen molar-refractivity contribution in [2.24, 2.45) is 0 Å². The molecule has 200 valence electrons. The van der Waals surface area contributed by atoms with E-state index >= 15 is 0 Å². The maximum atomic E-state index is 13.5. The summed E-state index contributed by atoms with van der Waals surface area (Å²) >= 11 is 0. The van der Waals surface area contributed by atoms with E-state index in [4.69, 9.17) is 10.1 Å². The lowest BCUT2D eigenvalue weighted by atomic mass is 9.98. The van der Waals surface area contributed by atoms with E-state index in [1.54, 1.807) is 30.3 Å². The predicted octanol–water partition coefficient (Wildman–Crippen LogP) is 5.94. The molecule has 6 nitrogen and oxygen atoms in total. The quantitative estimate of drug-likeness (QED) is 0.286. The second-order valence-corrected chi connectivity index (χ2v) is 9.77. The first-order valence-corrected chi connectivity index (χ1v) is 13.1. The summed E-state index contributed by atoms with van der Waals surface area (Å²) in [5.41, 5.74) is 4.68. The zero-order valence-corrected chi connectivity index (χ0v) is 21.4. The molecular formula is C31H29F2N3O3. The van der Waals surface area contributed by atoms with E-state index in [9.17, 15) is 18.4 Å². The molecule has 4 aromatic rings. The number of aryl methyl sites for hydroxylation is 1. The number of benzene rings is 3. The zero-order chi connectivity index (χ0) is 27.4. The van der Waals surface area contributed by atoms with Crippen molar-refractivity contribution in [3.63, 3.8) is 0 Å². The number of carboxylic acid groups (broad SMARTS) is 1. The summed E-state index contributed by atoms with van der Waals surface area (Å²) in [5.74, 6) is -1.48. The molecule has 1 amide bonds. The van der Waals surface area contributed by atoms with Gasteiger partial charge in [0.1, 0.15) is 11.6 Å². The number of hydrogen-bond donors (Lipinski definition) is 1. The van der Waals surface area contributed by atoms with Gasteiger partial charge in [-0.2, -0.15) is 0 Å². The number of unbranched alkanes of at least 4 members (excludes halogenated alkanes) is 1. The SMILES string of the molecule is O=C(O)CCCCc1cc2cc(C(=O)N3CCN(c4ccc(F)cc4)CC3)ccc2nc1-c1ccc(F)cc1. The van der Waals surface area contributed by atoms with Crippen LogP contribution in [0.1, 0.15) is 35.2 Å². The van der Waals surface area contributed by atoms with Crippen LogP contribution in [0.4, 0.5) is 14.5 Å². The maximum Gasteiger partial charge on any atom is 0.303 e. The van der Waals surface area contributed by atoms with Gasteiger partial charge in [-0.05, 0) is 97.6 Å². The molecule has 0 spiro atoms. The van der Waals surface area contributed by atoms with Crippen LogP contribution in [0, 0.1) is 11.6 Å². The Bertz CT molecular complexity index is 1480. The van der Waals surface area contributed by atoms with Crippen LogP contribution in [0.25, 0.3) is 22.2 Å². The van der Waals surface area contributed by atoms with Crippen LogP contribution in [0.15, 0.2) is 72.8 Å². The number of carboxylic acids is 1. The van der Waals surface area contributed by atoms with Gasteiger partial charge in [0.25, 0.3) is 5.91 Å². The molecule has 1 aliphatic heterocycles. The zero-order valence-electron chi connectivity index (χ0n) is 21.4.